The summed E-state index contributed by atoms with van der Waals surface area (Å²) in [6.07, 6.45) is 3.54. The van der Waals surface area contributed by atoms with Crippen molar-refractivity contribution in [3.63, 3.8) is 0 Å². The van der Waals surface area contributed by atoms with Crippen LogP contribution in [0.1, 0.15) is 32.6 Å². The number of nitrogens with zero attached hydrogens (tertiary/aromatic N) is 3. The van der Waals surface area contributed by atoms with E-state index in [0.29, 0.717) is 32.6 Å². The van der Waals surface area contributed by atoms with Crippen molar-refractivity contribution >= 4 is 23.5 Å². The van der Waals surface area contributed by atoms with Crippen LogP contribution in [-0.2, 0) is 9.59 Å². The first kappa shape index (κ1) is 19.5. The topological polar surface area (TPSA) is 93.2 Å². The number of anilines is 1. The zero-order valence-electron chi connectivity index (χ0n) is 16.8. The van der Waals surface area contributed by atoms with Crippen LogP contribution in [0.15, 0.2) is 24.3 Å². The number of rotatable bonds is 3. The normalized spacial score (nSPS) is 27.5. The number of amides is 4. The third-order valence-corrected chi connectivity index (χ3v) is 6.64. The maximum absolute atomic E-state index is 13.0. The molecule has 2 N–H and O–H groups in total. The van der Waals surface area contributed by atoms with Crippen molar-refractivity contribution in [3.8, 4) is 5.75 Å². The molecular weight excluding hydrogens is 372 g/mol. The van der Waals surface area contributed by atoms with Crippen LogP contribution in [0.3, 0.4) is 0 Å². The van der Waals surface area contributed by atoms with E-state index in [1.54, 1.807) is 17.0 Å². The summed E-state index contributed by atoms with van der Waals surface area (Å²) in [5.41, 5.74) is 0.171. The van der Waals surface area contributed by atoms with Gasteiger partial charge in [0.1, 0.15) is 17.8 Å². The molecule has 0 unspecified atom stereocenters. The highest BCUT2D eigenvalue weighted by molar-refractivity contribution is 6.09. The Morgan fingerprint density at radius 3 is 2.48 bits per heavy atom. The third-order valence-electron chi connectivity index (χ3n) is 6.64. The first-order valence-electron chi connectivity index (χ1n) is 10.4. The molecule has 0 bridgehead atoms. The number of aromatic hydroxyl groups is 1. The molecule has 2 atom stereocenters. The Hall–Kier alpha value is -2.77. The number of hydrogen-bond acceptors (Lipinski definition) is 5. The number of benzene rings is 1. The second-order valence-electron chi connectivity index (χ2n) is 8.32. The predicted molar refractivity (Wildman–Crippen MR) is 108 cm³/mol. The van der Waals surface area contributed by atoms with Crippen LogP contribution < -0.4 is 10.2 Å². The van der Waals surface area contributed by atoms with E-state index in [-0.39, 0.29) is 30.0 Å². The lowest BCUT2D eigenvalue weighted by Crippen LogP contribution is -2.54. The van der Waals surface area contributed by atoms with Gasteiger partial charge in [-0.15, -0.1) is 0 Å². The van der Waals surface area contributed by atoms with Gasteiger partial charge in [-0.2, -0.15) is 0 Å². The van der Waals surface area contributed by atoms with Crippen LogP contribution in [0.5, 0.6) is 5.75 Å². The molecule has 2 saturated heterocycles. The predicted octanol–water partition coefficient (Wildman–Crippen LogP) is 1.54. The van der Waals surface area contributed by atoms with Crippen molar-refractivity contribution in [2.24, 2.45) is 5.92 Å². The van der Waals surface area contributed by atoms with Crippen molar-refractivity contribution in [1.82, 2.24) is 15.1 Å². The summed E-state index contributed by atoms with van der Waals surface area (Å²) in [5, 5.41) is 12.3. The van der Waals surface area contributed by atoms with E-state index in [1.165, 1.54) is 0 Å². The van der Waals surface area contributed by atoms with Gasteiger partial charge in [0, 0.05) is 31.9 Å². The summed E-state index contributed by atoms with van der Waals surface area (Å²) >= 11 is 0. The summed E-state index contributed by atoms with van der Waals surface area (Å²) in [5.74, 6) is -0.131. The molecule has 1 aromatic rings. The number of nitrogens with one attached hydrogen (secondary N) is 1. The molecule has 2 aliphatic heterocycles. The molecule has 4 amide bonds. The molecule has 8 heteroatoms. The van der Waals surface area contributed by atoms with Crippen LogP contribution in [0, 0.1) is 5.92 Å². The number of phenolic OH excluding ortho intramolecular Hbond substituents is 1. The van der Waals surface area contributed by atoms with E-state index in [0.717, 1.165) is 29.8 Å². The molecule has 8 nitrogen and oxygen atoms in total. The smallest absolute Gasteiger partial charge is 0.325 e. The number of phenols is 1. The first-order valence-corrected chi connectivity index (χ1v) is 10.4. The lowest BCUT2D eigenvalue weighted by molar-refractivity contribution is -0.140. The molecule has 0 aromatic heterocycles. The molecule has 1 spiro atoms. The standard InChI is InChI=1S/C21H28N4O4/c1-15-4-2-3-9-21(15)19(28)25(20(29)22-21)14-18(27)24-12-10-23(11-13-24)16-5-7-17(26)8-6-16/h5-8,15,26H,2-4,9-14H2,1H3,(H,22,29)/t15-,21+/m0/s1. The lowest BCUT2D eigenvalue weighted by Gasteiger charge is -2.37. The maximum atomic E-state index is 13.0. The summed E-state index contributed by atoms with van der Waals surface area (Å²) in [6.45, 7) is 4.20. The Morgan fingerprint density at radius 2 is 1.83 bits per heavy atom. The molecule has 29 heavy (non-hydrogen) atoms. The molecule has 4 rings (SSSR count). The average Bonchev–Trinajstić information content (AvgIpc) is 2.96. The number of carbonyl (C=O) groups is 3. The fourth-order valence-corrected chi connectivity index (χ4v) is 4.75. The van der Waals surface area contributed by atoms with Crippen molar-refractivity contribution in [3.05, 3.63) is 24.3 Å². The number of carbonyl (C=O) groups excluding carboxylic acids is 3. The van der Waals surface area contributed by atoms with E-state index >= 15 is 0 Å². The van der Waals surface area contributed by atoms with Crippen molar-refractivity contribution in [2.45, 2.75) is 38.1 Å². The Bertz CT molecular complexity index is 803. The lowest BCUT2D eigenvalue weighted by atomic mass is 9.73. The molecule has 3 fully saturated rings. The molecule has 3 aliphatic rings. The van der Waals surface area contributed by atoms with E-state index in [2.05, 4.69) is 10.2 Å². The number of imide groups is 1. The van der Waals surface area contributed by atoms with Gasteiger partial charge in [0.2, 0.25) is 5.91 Å². The zero-order chi connectivity index (χ0) is 20.6. The molecule has 0 radical (unpaired) electrons. The summed E-state index contributed by atoms with van der Waals surface area (Å²) in [7, 11) is 0. The van der Waals surface area contributed by atoms with Gasteiger partial charge in [-0.3, -0.25) is 14.5 Å². The third kappa shape index (κ3) is 3.52. The van der Waals surface area contributed by atoms with Gasteiger partial charge in [0.15, 0.2) is 0 Å². The second-order valence-corrected chi connectivity index (χ2v) is 8.32. The Kier molecular flexibility index (Phi) is 5.10. The highest BCUT2D eigenvalue weighted by atomic mass is 16.3. The highest BCUT2D eigenvalue weighted by Crippen LogP contribution is 2.38. The SMILES string of the molecule is C[C@H]1CCCC[C@@]12NC(=O)N(CC(=O)N1CCN(c3ccc(O)cc3)CC1)C2=O. The summed E-state index contributed by atoms with van der Waals surface area (Å²) < 4.78 is 0. The van der Waals surface area contributed by atoms with E-state index in [4.69, 9.17) is 0 Å². The Morgan fingerprint density at radius 1 is 1.14 bits per heavy atom. The van der Waals surface area contributed by atoms with Crippen LogP contribution in [0.25, 0.3) is 0 Å². The quantitative estimate of drug-likeness (QED) is 0.751. The van der Waals surface area contributed by atoms with E-state index < -0.39 is 11.6 Å². The van der Waals surface area contributed by atoms with Crippen LogP contribution in [-0.4, -0.2) is 71.0 Å². The van der Waals surface area contributed by atoms with Gasteiger partial charge in [-0.25, -0.2) is 4.79 Å². The molecule has 1 aliphatic carbocycles. The minimum atomic E-state index is -0.826. The monoisotopic (exact) mass is 400 g/mol. The van der Waals surface area contributed by atoms with Gasteiger partial charge >= 0.3 is 6.03 Å². The molecular formula is C21H28N4O4. The summed E-state index contributed by atoms with van der Waals surface area (Å²) in [6, 6.07) is 6.55. The van der Waals surface area contributed by atoms with Gasteiger partial charge in [0.25, 0.3) is 5.91 Å². The number of hydrogen-bond donors (Lipinski definition) is 2. The molecule has 1 aromatic carbocycles. The maximum Gasteiger partial charge on any atom is 0.325 e. The van der Waals surface area contributed by atoms with Crippen LogP contribution >= 0.6 is 0 Å². The largest absolute Gasteiger partial charge is 0.508 e. The van der Waals surface area contributed by atoms with Crippen molar-refractivity contribution in [2.75, 3.05) is 37.6 Å². The van der Waals surface area contributed by atoms with E-state index in [1.807, 2.05) is 19.1 Å². The fourth-order valence-electron chi connectivity index (χ4n) is 4.75. The number of urea groups is 1. The van der Waals surface area contributed by atoms with Crippen molar-refractivity contribution in [1.29, 1.82) is 0 Å². The van der Waals surface area contributed by atoms with Crippen LogP contribution in [0.4, 0.5) is 10.5 Å². The van der Waals surface area contributed by atoms with Gasteiger partial charge in [-0.05, 0) is 43.0 Å². The van der Waals surface area contributed by atoms with Gasteiger partial charge in [-0.1, -0.05) is 19.8 Å². The van der Waals surface area contributed by atoms with Gasteiger partial charge < -0.3 is 20.2 Å². The van der Waals surface area contributed by atoms with E-state index in [9.17, 15) is 19.5 Å². The fraction of sp³-hybridized carbons (Fsp3) is 0.571. The minimum Gasteiger partial charge on any atom is -0.508 e. The second kappa shape index (κ2) is 7.57. The Labute approximate surface area is 170 Å². The molecule has 1 saturated carbocycles. The van der Waals surface area contributed by atoms with Gasteiger partial charge in [0.05, 0.1) is 0 Å². The Balaban J connectivity index is 1.36. The number of piperazine rings is 1. The van der Waals surface area contributed by atoms with Crippen molar-refractivity contribution < 1.29 is 19.5 Å². The zero-order valence-corrected chi connectivity index (χ0v) is 16.8. The van der Waals surface area contributed by atoms with Crippen LogP contribution in [0.2, 0.25) is 0 Å². The average molecular weight is 400 g/mol. The summed E-state index contributed by atoms with van der Waals surface area (Å²) in [4.78, 5) is 43.3. The molecule has 156 valence electrons. The molecule has 2 heterocycles. The minimum absolute atomic E-state index is 0.0849. The first-order chi connectivity index (χ1) is 13.9. The highest BCUT2D eigenvalue weighted by Gasteiger charge is 2.55.